The highest BCUT2D eigenvalue weighted by atomic mass is 79.9. The van der Waals surface area contributed by atoms with Crippen molar-refractivity contribution in [3.63, 3.8) is 0 Å². The van der Waals surface area contributed by atoms with Gasteiger partial charge in [0.25, 0.3) is 5.91 Å². The second kappa shape index (κ2) is 13.0. The highest BCUT2D eigenvalue weighted by molar-refractivity contribution is 9.10. The number of nitrogens with zero attached hydrogens (tertiary/aromatic N) is 5. The molecular formula is C30H29BrClN5O2S. The van der Waals surface area contributed by atoms with Crippen LogP contribution in [0.15, 0.2) is 88.5 Å². The lowest BCUT2D eigenvalue weighted by Gasteiger charge is -2.40. The molecule has 1 saturated heterocycles. The van der Waals surface area contributed by atoms with Gasteiger partial charge < -0.3 is 9.80 Å². The van der Waals surface area contributed by atoms with E-state index < -0.39 is 0 Å². The van der Waals surface area contributed by atoms with Gasteiger partial charge in [-0.05, 0) is 65.7 Å². The zero-order chi connectivity index (χ0) is 28.1. The molecule has 0 spiro atoms. The maximum absolute atomic E-state index is 13.1. The van der Waals surface area contributed by atoms with Gasteiger partial charge in [0.05, 0.1) is 10.6 Å². The van der Waals surface area contributed by atoms with Crippen LogP contribution in [0.1, 0.15) is 30.1 Å². The number of benzene rings is 3. The van der Waals surface area contributed by atoms with E-state index in [2.05, 4.69) is 26.1 Å². The lowest BCUT2D eigenvalue weighted by molar-refractivity contribution is -0.133. The van der Waals surface area contributed by atoms with E-state index in [1.54, 1.807) is 11.8 Å². The molecule has 0 aliphatic carbocycles. The van der Waals surface area contributed by atoms with Gasteiger partial charge >= 0.3 is 0 Å². The Hall–Kier alpha value is -3.14. The summed E-state index contributed by atoms with van der Waals surface area (Å²) in [5, 5.41) is 10.3. The molecule has 2 heterocycles. The van der Waals surface area contributed by atoms with Crippen LogP contribution in [0, 0.1) is 0 Å². The Morgan fingerprint density at radius 2 is 1.70 bits per heavy atom. The molecule has 1 aromatic heterocycles. The normalized spacial score (nSPS) is 15.3. The number of rotatable bonds is 8. The van der Waals surface area contributed by atoms with E-state index in [0.29, 0.717) is 48.9 Å². The van der Waals surface area contributed by atoms with Crippen LogP contribution in [-0.2, 0) is 4.79 Å². The van der Waals surface area contributed by atoms with Crippen LogP contribution in [-0.4, -0.2) is 67.8 Å². The number of halogens is 2. The number of hydrogen-bond donors (Lipinski definition) is 0. The summed E-state index contributed by atoms with van der Waals surface area (Å²) < 4.78 is 2.79. The Morgan fingerprint density at radius 3 is 2.45 bits per heavy atom. The molecule has 40 heavy (non-hydrogen) atoms. The molecule has 5 rings (SSSR count). The second-order valence-corrected chi connectivity index (χ2v) is 11.9. The number of hydrogen-bond acceptors (Lipinski definition) is 5. The van der Waals surface area contributed by atoms with Crippen LogP contribution < -0.4 is 0 Å². The van der Waals surface area contributed by atoms with Crippen LogP contribution in [0.5, 0.6) is 0 Å². The van der Waals surface area contributed by atoms with Crippen molar-refractivity contribution >= 4 is 51.1 Å². The van der Waals surface area contributed by atoms with Crippen molar-refractivity contribution in [2.45, 2.75) is 31.0 Å². The Kier molecular flexibility index (Phi) is 9.24. The predicted octanol–water partition coefficient (Wildman–Crippen LogP) is 6.60. The average molecular weight is 639 g/mol. The van der Waals surface area contributed by atoms with Crippen LogP contribution in [0.2, 0.25) is 5.02 Å². The largest absolute Gasteiger partial charge is 0.339 e. The SMILES string of the molecule is CC1CN(C(=O)CCCSc2nnc(-c3ccccc3Cl)n2-c2ccccc2)CCN1C(=O)c1ccccc1Br. The summed E-state index contributed by atoms with van der Waals surface area (Å²) in [4.78, 5) is 29.8. The molecule has 206 valence electrons. The van der Waals surface area contributed by atoms with E-state index in [4.69, 9.17) is 11.6 Å². The first-order valence-electron chi connectivity index (χ1n) is 13.2. The predicted molar refractivity (Wildman–Crippen MR) is 163 cm³/mol. The van der Waals surface area contributed by atoms with E-state index >= 15 is 0 Å². The number of thioether (sulfide) groups is 1. The lowest BCUT2D eigenvalue weighted by atomic mass is 10.1. The number of carbonyl (C=O) groups is 2. The van der Waals surface area contributed by atoms with Crippen molar-refractivity contribution in [2.75, 3.05) is 25.4 Å². The first-order chi connectivity index (χ1) is 19.4. The van der Waals surface area contributed by atoms with Gasteiger partial charge in [-0.15, -0.1) is 10.2 Å². The maximum Gasteiger partial charge on any atom is 0.255 e. The highest BCUT2D eigenvalue weighted by Crippen LogP contribution is 2.32. The van der Waals surface area contributed by atoms with E-state index in [9.17, 15) is 9.59 Å². The molecule has 2 amide bonds. The molecule has 1 aliphatic heterocycles. The van der Waals surface area contributed by atoms with E-state index in [0.717, 1.165) is 26.6 Å². The number of amides is 2. The number of para-hydroxylation sites is 1. The number of piperazine rings is 1. The van der Waals surface area contributed by atoms with Crippen molar-refractivity contribution in [2.24, 2.45) is 0 Å². The summed E-state index contributed by atoms with van der Waals surface area (Å²) >= 11 is 11.5. The molecule has 4 aromatic rings. The van der Waals surface area contributed by atoms with Gasteiger partial charge in [0, 0.05) is 53.6 Å². The third kappa shape index (κ3) is 6.27. The van der Waals surface area contributed by atoms with Gasteiger partial charge in [0.1, 0.15) is 0 Å². The van der Waals surface area contributed by atoms with Gasteiger partial charge in [-0.2, -0.15) is 0 Å². The Labute approximate surface area is 251 Å². The molecule has 3 aromatic carbocycles. The molecule has 7 nitrogen and oxygen atoms in total. The fourth-order valence-corrected chi connectivity index (χ4v) is 6.38. The average Bonchev–Trinajstić information content (AvgIpc) is 3.39. The van der Waals surface area contributed by atoms with E-state index in [1.165, 1.54) is 0 Å². The minimum Gasteiger partial charge on any atom is -0.339 e. The summed E-state index contributed by atoms with van der Waals surface area (Å²) in [5.74, 6) is 1.50. The second-order valence-electron chi connectivity index (χ2n) is 9.58. The molecule has 0 N–H and O–H groups in total. The Morgan fingerprint density at radius 1 is 0.975 bits per heavy atom. The minimum absolute atomic E-state index is 0.0119. The molecule has 1 aliphatic rings. The van der Waals surface area contributed by atoms with Crippen molar-refractivity contribution in [3.05, 3.63) is 93.9 Å². The maximum atomic E-state index is 13.1. The quantitative estimate of drug-likeness (QED) is 0.161. The van der Waals surface area contributed by atoms with E-state index in [-0.39, 0.29) is 17.9 Å². The first-order valence-corrected chi connectivity index (χ1v) is 15.3. The molecule has 0 saturated carbocycles. The molecule has 0 radical (unpaired) electrons. The van der Waals surface area contributed by atoms with Gasteiger partial charge in [0.15, 0.2) is 11.0 Å². The monoisotopic (exact) mass is 637 g/mol. The lowest BCUT2D eigenvalue weighted by Crippen LogP contribution is -2.55. The summed E-state index contributed by atoms with van der Waals surface area (Å²) in [6.07, 6.45) is 1.14. The molecule has 10 heteroatoms. The fourth-order valence-electron chi connectivity index (χ4n) is 4.81. The molecule has 1 atom stereocenters. The standard InChI is InChI=1S/C30H29BrClN5O2S/c1-21-20-35(17-18-36(21)29(39)23-12-5-7-14-25(23)31)27(38)16-9-19-40-30-34-33-28(24-13-6-8-15-26(24)32)37(30)22-10-3-2-4-11-22/h2-8,10-15,21H,9,16-20H2,1H3. The zero-order valence-corrected chi connectivity index (χ0v) is 25.2. The molecule has 0 bridgehead atoms. The Bertz CT molecular complexity index is 1500. The van der Waals surface area contributed by atoms with Crippen molar-refractivity contribution in [1.82, 2.24) is 24.6 Å². The smallest absolute Gasteiger partial charge is 0.255 e. The van der Waals surface area contributed by atoms with Gasteiger partial charge in [0.2, 0.25) is 5.91 Å². The van der Waals surface area contributed by atoms with Crippen LogP contribution in [0.25, 0.3) is 17.1 Å². The van der Waals surface area contributed by atoms with Gasteiger partial charge in [-0.3, -0.25) is 14.2 Å². The third-order valence-electron chi connectivity index (χ3n) is 6.87. The number of aromatic nitrogens is 3. The van der Waals surface area contributed by atoms with Crippen molar-refractivity contribution < 1.29 is 9.59 Å². The van der Waals surface area contributed by atoms with Crippen LogP contribution >= 0.6 is 39.3 Å². The fraction of sp³-hybridized carbons (Fsp3) is 0.267. The Balaban J connectivity index is 1.18. The van der Waals surface area contributed by atoms with Gasteiger partial charge in [-0.1, -0.05) is 65.8 Å². The van der Waals surface area contributed by atoms with Crippen LogP contribution in [0.3, 0.4) is 0 Å². The molecule has 1 fully saturated rings. The van der Waals surface area contributed by atoms with Gasteiger partial charge in [-0.25, -0.2) is 0 Å². The summed E-state index contributed by atoms with van der Waals surface area (Å²) in [6, 6.07) is 24.9. The summed E-state index contributed by atoms with van der Waals surface area (Å²) in [6.45, 7) is 3.59. The topological polar surface area (TPSA) is 71.3 Å². The number of carbonyl (C=O) groups excluding carboxylic acids is 2. The summed E-state index contributed by atoms with van der Waals surface area (Å²) in [7, 11) is 0. The summed E-state index contributed by atoms with van der Waals surface area (Å²) in [5.41, 5.74) is 2.41. The van der Waals surface area contributed by atoms with Crippen molar-refractivity contribution in [3.8, 4) is 17.1 Å². The molecule has 1 unspecified atom stereocenters. The highest BCUT2D eigenvalue weighted by Gasteiger charge is 2.30. The third-order valence-corrected chi connectivity index (χ3v) is 8.91. The minimum atomic E-state index is -0.0562. The van der Waals surface area contributed by atoms with Crippen molar-refractivity contribution in [1.29, 1.82) is 0 Å². The molecular weight excluding hydrogens is 610 g/mol. The first kappa shape index (κ1) is 28.4. The van der Waals surface area contributed by atoms with Crippen LogP contribution in [0.4, 0.5) is 0 Å². The van der Waals surface area contributed by atoms with E-state index in [1.807, 2.05) is 100 Å². The zero-order valence-electron chi connectivity index (χ0n) is 22.0.